The third kappa shape index (κ3) is 4.74. The van der Waals surface area contributed by atoms with Crippen molar-refractivity contribution in [3.8, 4) is 5.75 Å². The van der Waals surface area contributed by atoms with Crippen LogP contribution in [0.4, 0.5) is 0 Å². The van der Waals surface area contributed by atoms with E-state index >= 15 is 0 Å². The Morgan fingerprint density at radius 3 is 2.74 bits per heavy atom. The van der Waals surface area contributed by atoms with E-state index in [1.54, 1.807) is 30.5 Å². The van der Waals surface area contributed by atoms with Gasteiger partial charge in [-0.25, -0.2) is 0 Å². The van der Waals surface area contributed by atoms with Gasteiger partial charge in [0.05, 0.1) is 12.8 Å². The molecule has 1 N–H and O–H groups in total. The Balaban J connectivity index is 1.63. The van der Waals surface area contributed by atoms with E-state index in [-0.39, 0.29) is 24.2 Å². The van der Waals surface area contributed by atoms with Crippen LogP contribution < -0.4 is 10.1 Å². The summed E-state index contributed by atoms with van der Waals surface area (Å²) < 4.78 is 16.7. The highest BCUT2D eigenvalue weighted by atomic mass is 35.5. The lowest BCUT2D eigenvalue weighted by molar-refractivity contribution is 0.0916. The summed E-state index contributed by atoms with van der Waals surface area (Å²) >= 11 is 6.23. The van der Waals surface area contributed by atoms with Crippen LogP contribution in [-0.2, 0) is 13.2 Å². The minimum absolute atomic E-state index is 0.228. The van der Waals surface area contributed by atoms with Crippen molar-refractivity contribution in [2.75, 3.05) is 0 Å². The van der Waals surface area contributed by atoms with Crippen molar-refractivity contribution in [3.63, 3.8) is 0 Å². The molecule has 1 aromatic carbocycles. The number of benzene rings is 1. The average Bonchev–Trinajstić information content (AvgIpc) is 3.32. The zero-order valence-electron chi connectivity index (χ0n) is 15.5. The second-order valence-electron chi connectivity index (χ2n) is 6.61. The fourth-order valence-corrected chi connectivity index (χ4v) is 2.81. The molecule has 0 aliphatic rings. The second-order valence-corrected chi connectivity index (χ2v) is 7.02. The first kappa shape index (κ1) is 19.1. The number of aryl methyl sites for hydroxylation is 1. The molecule has 0 aliphatic heterocycles. The molecular weight excluding hydrogens is 366 g/mol. The van der Waals surface area contributed by atoms with Gasteiger partial charge in [0, 0.05) is 5.02 Å². The zero-order chi connectivity index (χ0) is 19.4. The van der Waals surface area contributed by atoms with Crippen LogP contribution in [0.25, 0.3) is 0 Å². The lowest BCUT2D eigenvalue weighted by atomic mass is 10.0. The Morgan fingerprint density at radius 2 is 2.04 bits per heavy atom. The topological polar surface area (TPSA) is 64.6 Å². The lowest BCUT2D eigenvalue weighted by Gasteiger charge is -2.15. The van der Waals surface area contributed by atoms with Crippen LogP contribution in [0, 0.1) is 6.92 Å². The van der Waals surface area contributed by atoms with Gasteiger partial charge in [-0.1, -0.05) is 25.4 Å². The first-order chi connectivity index (χ1) is 12.9. The van der Waals surface area contributed by atoms with Crippen molar-refractivity contribution >= 4 is 17.5 Å². The number of hydrogen-bond acceptors (Lipinski definition) is 4. The van der Waals surface area contributed by atoms with E-state index < -0.39 is 0 Å². The van der Waals surface area contributed by atoms with Gasteiger partial charge in [-0.15, -0.1) is 0 Å². The first-order valence-electron chi connectivity index (χ1n) is 8.76. The fourth-order valence-electron chi connectivity index (χ4n) is 2.64. The van der Waals surface area contributed by atoms with Gasteiger partial charge in [-0.3, -0.25) is 4.79 Å². The molecule has 3 rings (SSSR count). The van der Waals surface area contributed by atoms with E-state index in [0.29, 0.717) is 18.1 Å². The van der Waals surface area contributed by atoms with Gasteiger partial charge in [0.1, 0.15) is 23.9 Å². The van der Waals surface area contributed by atoms with Crippen molar-refractivity contribution in [1.29, 1.82) is 0 Å². The van der Waals surface area contributed by atoms with Gasteiger partial charge in [-0.05, 0) is 60.4 Å². The summed E-state index contributed by atoms with van der Waals surface area (Å²) in [6, 6.07) is 10.8. The summed E-state index contributed by atoms with van der Waals surface area (Å²) in [6.45, 7) is 6.64. The predicted molar refractivity (Wildman–Crippen MR) is 103 cm³/mol. The molecule has 0 bridgehead atoms. The molecule has 2 aromatic heterocycles. The van der Waals surface area contributed by atoms with Crippen molar-refractivity contribution in [1.82, 2.24) is 5.32 Å². The summed E-state index contributed by atoms with van der Waals surface area (Å²) in [5.74, 6) is 2.22. The molecule has 3 aromatic rings. The molecule has 5 nitrogen and oxygen atoms in total. The Hall–Kier alpha value is -2.66. The normalized spacial score (nSPS) is 11.0. The third-order valence-corrected chi connectivity index (χ3v) is 4.58. The molecule has 6 heteroatoms. The smallest absolute Gasteiger partial charge is 0.287 e. The summed E-state index contributed by atoms with van der Waals surface area (Å²) in [4.78, 5) is 12.2. The zero-order valence-corrected chi connectivity index (χ0v) is 16.3. The fraction of sp³-hybridized carbons (Fsp3) is 0.286. The first-order valence-corrected chi connectivity index (χ1v) is 9.14. The minimum Gasteiger partial charge on any atom is -0.485 e. The monoisotopic (exact) mass is 387 g/mol. The van der Waals surface area contributed by atoms with E-state index in [4.69, 9.17) is 25.2 Å². The summed E-state index contributed by atoms with van der Waals surface area (Å²) in [7, 11) is 0. The minimum atomic E-state index is -0.303. The van der Waals surface area contributed by atoms with Crippen molar-refractivity contribution in [2.24, 2.45) is 0 Å². The summed E-state index contributed by atoms with van der Waals surface area (Å²) in [5, 5.41) is 3.47. The van der Waals surface area contributed by atoms with Crippen molar-refractivity contribution in [3.05, 3.63) is 76.1 Å². The summed E-state index contributed by atoms with van der Waals surface area (Å²) in [6.07, 6.45) is 1.56. The molecule has 1 amide bonds. The van der Waals surface area contributed by atoms with Crippen LogP contribution >= 0.6 is 11.6 Å². The van der Waals surface area contributed by atoms with E-state index in [1.165, 1.54) is 0 Å². The number of nitrogens with one attached hydrogen (secondary N) is 1. The number of furan rings is 2. The Morgan fingerprint density at radius 1 is 1.22 bits per heavy atom. The second kappa shape index (κ2) is 8.35. The molecule has 0 saturated carbocycles. The van der Waals surface area contributed by atoms with E-state index in [0.717, 1.165) is 21.9 Å². The van der Waals surface area contributed by atoms with Crippen LogP contribution in [0.15, 0.2) is 51.5 Å². The Labute approximate surface area is 163 Å². The Bertz CT molecular complexity index is 912. The summed E-state index contributed by atoms with van der Waals surface area (Å²) in [5.41, 5.74) is 1.99. The van der Waals surface area contributed by atoms with Gasteiger partial charge < -0.3 is 18.9 Å². The van der Waals surface area contributed by atoms with Crippen LogP contribution in [0.5, 0.6) is 5.75 Å². The Kier molecular flexibility index (Phi) is 5.91. The molecule has 0 atom stereocenters. The quantitative estimate of drug-likeness (QED) is 0.584. The number of rotatable bonds is 7. The maximum absolute atomic E-state index is 12.2. The van der Waals surface area contributed by atoms with Gasteiger partial charge in [-0.2, -0.15) is 0 Å². The molecule has 0 unspecified atom stereocenters. The number of carbonyl (C=O) groups excluding carboxylic acids is 1. The van der Waals surface area contributed by atoms with E-state index in [2.05, 4.69) is 19.2 Å². The van der Waals surface area contributed by atoms with Gasteiger partial charge in [0.2, 0.25) is 0 Å². The molecule has 142 valence electrons. The van der Waals surface area contributed by atoms with Gasteiger partial charge in [0.25, 0.3) is 5.91 Å². The lowest BCUT2D eigenvalue weighted by Crippen LogP contribution is -2.21. The maximum Gasteiger partial charge on any atom is 0.287 e. The van der Waals surface area contributed by atoms with Crippen molar-refractivity contribution in [2.45, 2.75) is 39.8 Å². The van der Waals surface area contributed by atoms with Crippen LogP contribution in [-0.4, -0.2) is 5.91 Å². The number of hydrogen-bond donors (Lipinski definition) is 1. The molecule has 0 aliphatic carbocycles. The number of carbonyl (C=O) groups is 1. The predicted octanol–water partition coefficient (Wildman–Crippen LogP) is 5.47. The third-order valence-electron chi connectivity index (χ3n) is 4.17. The highest BCUT2D eigenvalue weighted by molar-refractivity contribution is 6.31. The molecule has 27 heavy (non-hydrogen) atoms. The van der Waals surface area contributed by atoms with Crippen LogP contribution in [0.3, 0.4) is 0 Å². The van der Waals surface area contributed by atoms with E-state index in [1.807, 2.05) is 19.1 Å². The van der Waals surface area contributed by atoms with Gasteiger partial charge in [0.15, 0.2) is 5.76 Å². The number of amides is 1. The molecule has 0 spiro atoms. The molecule has 0 saturated heterocycles. The molecular formula is C21H22ClNO4. The molecule has 0 radical (unpaired) electrons. The maximum atomic E-state index is 12.2. The largest absolute Gasteiger partial charge is 0.485 e. The molecule has 2 heterocycles. The molecule has 0 fully saturated rings. The number of halogens is 1. The number of ether oxygens (including phenoxy) is 1. The van der Waals surface area contributed by atoms with Crippen LogP contribution in [0.1, 0.15) is 53.0 Å². The van der Waals surface area contributed by atoms with Crippen molar-refractivity contribution < 1.29 is 18.4 Å². The highest BCUT2D eigenvalue weighted by Crippen LogP contribution is 2.32. The van der Waals surface area contributed by atoms with E-state index in [9.17, 15) is 4.79 Å². The average molecular weight is 388 g/mol. The van der Waals surface area contributed by atoms with Gasteiger partial charge >= 0.3 is 0 Å². The highest BCUT2D eigenvalue weighted by Gasteiger charge is 2.14. The SMILES string of the molecule is Cc1cc(OCc2ccc(C(=O)NCc3ccco3)o2)c(C(C)C)cc1Cl. The van der Waals surface area contributed by atoms with Crippen LogP contribution in [0.2, 0.25) is 5.02 Å². The standard InChI is InChI=1S/C21H22ClNO4/c1-13(2)17-10-18(22)14(3)9-20(17)26-12-16-6-7-19(27-16)21(24)23-11-15-5-4-8-25-15/h4-10,13H,11-12H2,1-3H3,(H,23,24).